The zero-order chi connectivity index (χ0) is 13.3. The van der Waals surface area contributed by atoms with E-state index in [4.69, 9.17) is 10.3 Å². The maximum Gasteiger partial charge on any atom is 0.161 e. The summed E-state index contributed by atoms with van der Waals surface area (Å²) < 4.78 is 13.8. The fourth-order valence-electron chi connectivity index (χ4n) is 2.64. The number of hydrogen-bond donors (Lipinski definition) is 1. The molecule has 2 aliphatic rings. The summed E-state index contributed by atoms with van der Waals surface area (Å²) in [5.41, 5.74) is 0.812. The molecule has 0 atom stereocenters. The summed E-state index contributed by atoms with van der Waals surface area (Å²) >= 11 is 1.66. The van der Waals surface area contributed by atoms with Gasteiger partial charge >= 0.3 is 0 Å². The van der Waals surface area contributed by atoms with Crippen molar-refractivity contribution in [2.45, 2.75) is 31.2 Å². The van der Waals surface area contributed by atoms with Crippen molar-refractivity contribution in [3.8, 4) is 6.07 Å². The third-order valence-corrected chi connectivity index (χ3v) is 4.84. The molecule has 3 rings (SSSR count). The van der Waals surface area contributed by atoms with Crippen LogP contribution in [0.1, 0.15) is 31.2 Å². The van der Waals surface area contributed by atoms with E-state index in [2.05, 4.69) is 5.32 Å². The average molecular weight is 275 g/mol. The van der Waals surface area contributed by atoms with Crippen LogP contribution >= 0.6 is 11.8 Å². The van der Waals surface area contributed by atoms with E-state index in [1.807, 2.05) is 6.07 Å². The molecule has 19 heavy (non-hydrogen) atoms. The molecule has 0 bridgehead atoms. The topological polar surface area (TPSA) is 48.2 Å². The molecular formula is C14H14FN3S. The van der Waals surface area contributed by atoms with Crippen molar-refractivity contribution in [3.63, 3.8) is 0 Å². The molecule has 1 aliphatic heterocycles. The predicted molar refractivity (Wildman–Crippen MR) is 75.8 cm³/mol. The Hall–Kier alpha value is -1.54. The van der Waals surface area contributed by atoms with Crippen molar-refractivity contribution in [2.24, 2.45) is 4.99 Å². The van der Waals surface area contributed by atoms with Gasteiger partial charge in [-0.15, -0.1) is 0 Å². The number of nitrogens with zero attached hydrogens (tertiary/aromatic N) is 2. The zero-order valence-corrected chi connectivity index (χ0v) is 11.3. The molecule has 1 heterocycles. The average Bonchev–Trinajstić information content (AvgIpc) is 3.03. The Kier molecular flexibility index (Phi) is 3.19. The zero-order valence-electron chi connectivity index (χ0n) is 10.4. The van der Waals surface area contributed by atoms with E-state index in [0.29, 0.717) is 11.3 Å². The van der Waals surface area contributed by atoms with Crippen LogP contribution in [0.2, 0.25) is 0 Å². The second kappa shape index (κ2) is 4.86. The number of rotatable bonds is 1. The molecule has 0 amide bonds. The van der Waals surface area contributed by atoms with Crippen molar-refractivity contribution in [3.05, 3.63) is 29.6 Å². The number of benzene rings is 1. The molecule has 3 nitrogen and oxygen atoms in total. The largest absolute Gasteiger partial charge is 0.333 e. The van der Waals surface area contributed by atoms with Crippen LogP contribution < -0.4 is 5.32 Å². The van der Waals surface area contributed by atoms with E-state index in [9.17, 15) is 4.39 Å². The standard InChI is InChI=1S/C14H14FN3S/c15-11-7-10(8-16)3-4-12(11)17-13-18-14(9-19-13)5-1-2-6-14/h3-4,7H,1-2,5-6,9H2,(H,17,18). The second-order valence-electron chi connectivity index (χ2n) is 5.07. The van der Waals surface area contributed by atoms with Gasteiger partial charge < -0.3 is 5.32 Å². The van der Waals surface area contributed by atoms with Gasteiger partial charge in [0.15, 0.2) is 5.17 Å². The van der Waals surface area contributed by atoms with E-state index < -0.39 is 5.82 Å². The number of halogens is 1. The molecule has 1 saturated carbocycles. The summed E-state index contributed by atoms with van der Waals surface area (Å²) in [6, 6.07) is 6.37. The van der Waals surface area contributed by atoms with Crippen LogP contribution in [0.5, 0.6) is 0 Å². The summed E-state index contributed by atoms with van der Waals surface area (Å²) in [6.45, 7) is 0. The molecule has 1 fully saturated rings. The van der Waals surface area contributed by atoms with E-state index in [-0.39, 0.29) is 5.54 Å². The minimum Gasteiger partial charge on any atom is -0.333 e. The summed E-state index contributed by atoms with van der Waals surface area (Å²) in [7, 11) is 0. The van der Waals surface area contributed by atoms with Gasteiger partial charge in [-0.1, -0.05) is 24.6 Å². The normalized spacial score (nSPS) is 20.3. The van der Waals surface area contributed by atoms with Gasteiger partial charge in [0, 0.05) is 5.75 Å². The lowest BCUT2D eigenvalue weighted by atomic mass is 10.0. The van der Waals surface area contributed by atoms with Crippen LogP contribution in [-0.4, -0.2) is 16.5 Å². The van der Waals surface area contributed by atoms with Gasteiger partial charge in [0.25, 0.3) is 0 Å². The van der Waals surface area contributed by atoms with Gasteiger partial charge in [-0.05, 0) is 31.0 Å². The fourth-order valence-corrected chi connectivity index (χ4v) is 3.84. The Morgan fingerprint density at radius 2 is 2.16 bits per heavy atom. The van der Waals surface area contributed by atoms with Gasteiger partial charge in [-0.2, -0.15) is 5.26 Å². The van der Waals surface area contributed by atoms with Crippen LogP contribution in [0.15, 0.2) is 23.2 Å². The predicted octanol–water partition coefficient (Wildman–Crippen LogP) is 3.52. The molecule has 1 spiro atoms. The second-order valence-corrected chi connectivity index (χ2v) is 6.03. The highest BCUT2D eigenvalue weighted by Gasteiger charge is 2.38. The number of nitrogens with one attached hydrogen (secondary N) is 1. The van der Waals surface area contributed by atoms with Crippen LogP contribution in [0.3, 0.4) is 0 Å². The number of anilines is 1. The monoisotopic (exact) mass is 275 g/mol. The first-order valence-electron chi connectivity index (χ1n) is 6.40. The number of aliphatic imine (C=N–C) groups is 1. The SMILES string of the molecule is N#Cc1ccc(NC2=NC3(CCCC3)CS2)c(F)c1. The van der Waals surface area contributed by atoms with Gasteiger partial charge in [0.1, 0.15) is 5.82 Å². The summed E-state index contributed by atoms with van der Waals surface area (Å²) in [5.74, 6) is 0.586. The Morgan fingerprint density at radius 3 is 2.84 bits per heavy atom. The summed E-state index contributed by atoms with van der Waals surface area (Å²) in [5, 5.41) is 12.5. The molecule has 0 unspecified atom stereocenters. The highest BCUT2D eigenvalue weighted by atomic mass is 32.2. The molecular weight excluding hydrogens is 261 g/mol. The van der Waals surface area contributed by atoms with Crippen molar-refractivity contribution >= 4 is 22.6 Å². The van der Waals surface area contributed by atoms with Gasteiger partial charge in [0.05, 0.1) is 22.9 Å². The number of thioether (sulfide) groups is 1. The van der Waals surface area contributed by atoms with Crippen molar-refractivity contribution in [1.29, 1.82) is 5.26 Å². The van der Waals surface area contributed by atoms with Gasteiger partial charge in [-0.25, -0.2) is 4.39 Å². The van der Waals surface area contributed by atoms with Crippen LogP contribution in [-0.2, 0) is 0 Å². The van der Waals surface area contributed by atoms with Crippen molar-refractivity contribution in [1.82, 2.24) is 0 Å². The molecule has 1 N–H and O–H groups in total. The first kappa shape index (κ1) is 12.5. The summed E-state index contributed by atoms with van der Waals surface area (Å²) in [4.78, 5) is 4.73. The quantitative estimate of drug-likeness (QED) is 0.853. The molecule has 0 aromatic heterocycles. The maximum atomic E-state index is 13.8. The minimum absolute atomic E-state index is 0.0933. The molecule has 1 aromatic rings. The molecule has 1 aliphatic carbocycles. The number of nitriles is 1. The van der Waals surface area contributed by atoms with Gasteiger partial charge in [-0.3, -0.25) is 4.99 Å². The summed E-state index contributed by atoms with van der Waals surface area (Å²) in [6.07, 6.45) is 4.76. The minimum atomic E-state index is -0.408. The number of hydrogen-bond acceptors (Lipinski definition) is 4. The van der Waals surface area contributed by atoms with E-state index >= 15 is 0 Å². The smallest absolute Gasteiger partial charge is 0.161 e. The highest BCUT2D eigenvalue weighted by Crippen LogP contribution is 2.41. The van der Waals surface area contributed by atoms with E-state index in [1.54, 1.807) is 23.9 Å². The lowest BCUT2D eigenvalue weighted by molar-refractivity contribution is 0.508. The van der Waals surface area contributed by atoms with Crippen LogP contribution in [0.25, 0.3) is 0 Å². The van der Waals surface area contributed by atoms with Crippen molar-refractivity contribution < 1.29 is 4.39 Å². The first-order valence-corrected chi connectivity index (χ1v) is 7.39. The molecule has 5 heteroatoms. The van der Waals surface area contributed by atoms with E-state index in [0.717, 1.165) is 23.8 Å². The van der Waals surface area contributed by atoms with Gasteiger partial charge in [0.2, 0.25) is 0 Å². The Bertz CT molecular complexity index is 571. The lowest BCUT2D eigenvalue weighted by Gasteiger charge is -2.16. The third kappa shape index (κ3) is 2.45. The first-order chi connectivity index (χ1) is 9.21. The van der Waals surface area contributed by atoms with Crippen LogP contribution in [0, 0.1) is 17.1 Å². The Balaban J connectivity index is 1.77. The van der Waals surface area contributed by atoms with Crippen LogP contribution in [0.4, 0.5) is 10.1 Å². The maximum absolute atomic E-state index is 13.8. The lowest BCUT2D eigenvalue weighted by Crippen LogP contribution is -2.21. The molecule has 0 radical (unpaired) electrons. The Morgan fingerprint density at radius 1 is 1.37 bits per heavy atom. The fraction of sp³-hybridized carbons (Fsp3) is 0.429. The third-order valence-electron chi connectivity index (χ3n) is 3.69. The molecule has 98 valence electrons. The van der Waals surface area contributed by atoms with E-state index in [1.165, 1.54) is 18.9 Å². The van der Waals surface area contributed by atoms with Crippen molar-refractivity contribution in [2.75, 3.05) is 11.1 Å². The Labute approximate surface area is 115 Å². The molecule has 0 saturated heterocycles. The number of amidine groups is 1. The molecule has 1 aromatic carbocycles. The highest BCUT2D eigenvalue weighted by molar-refractivity contribution is 8.14.